The molecule has 0 unspecified atom stereocenters. The highest BCUT2D eigenvalue weighted by Gasteiger charge is 2.51. The first kappa shape index (κ1) is 23.7. The van der Waals surface area contributed by atoms with Crippen LogP contribution in [0.4, 0.5) is 11.4 Å². The number of nitro groups is 1. The summed E-state index contributed by atoms with van der Waals surface area (Å²) in [6.45, 7) is 0. The van der Waals surface area contributed by atoms with Gasteiger partial charge >= 0.3 is 5.69 Å². The molecular formula is C27H25ClN4O5. The predicted octanol–water partition coefficient (Wildman–Crippen LogP) is 5.01. The smallest absolute Gasteiger partial charge is 0.335 e. The number of hydrogen-bond donors (Lipinski definition) is 2. The predicted molar refractivity (Wildman–Crippen MR) is 140 cm³/mol. The van der Waals surface area contributed by atoms with Crippen molar-refractivity contribution in [2.24, 2.45) is 22.7 Å². The Kier molecular flexibility index (Phi) is 5.56. The molecule has 4 fully saturated rings. The van der Waals surface area contributed by atoms with Crippen molar-refractivity contribution < 1.29 is 10.0 Å². The van der Waals surface area contributed by atoms with E-state index in [9.17, 15) is 24.8 Å². The summed E-state index contributed by atoms with van der Waals surface area (Å²) in [5, 5.41) is 22.0. The zero-order valence-electron chi connectivity index (χ0n) is 19.9. The van der Waals surface area contributed by atoms with E-state index in [0.29, 0.717) is 5.69 Å². The number of aromatic nitrogens is 2. The van der Waals surface area contributed by atoms with Gasteiger partial charge in [-0.05, 0) is 91.5 Å². The normalized spacial score (nSPS) is 26.1. The number of nitrogens with zero attached hydrogens (tertiary/aromatic N) is 3. The number of benzene rings is 2. The van der Waals surface area contributed by atoms with Gasteiger partial charge < -0.3 is 5.11 Å². The van der Waals surface area contributed by atoms with Crippen LogP contribution in [0.25, 0.3) is 5.69 Å². The van der Waals surface area contributed by atoms with Gasteiger partial charge in [0.25, 0.3) is 11.2 Å². The second kappa shape index (κ2) is 8.69. The van der Waals surface area contributed by atoms with E-state index in [1.165, 1.54) is 56.2 Å². The molecule has 0 radical (unpaired) electrons. The summed E-state index contributed by atoms with van der Waals surface area (Å²) < 4.78 is 1.02. The molecule has 0 saturated heterocycles. The molecule has 4 bridgehead atoms. The summed E-state index contributed by atoms with van der Waals surface area (Å²) in [7, 11) is 0. The number of nitrogens with one attached hydrogen (secondary N) is 1. The summed E-state index contributed by atoms with van der Waals surface area (Å²) >= 11 is 5.84. The van der Waals surface area contributed by atoms with Gasteiger partial charge in [0.05, 0.1) is 16.3 Å². The van der Waals surface area contributed by atoms with Gasteiger partial charge in [0.2, 0.25) is 5.88 Å². The fraction of sp³-hybridized carbons (Fsp3) is 0.370. The van der Waals surface area contributed by atoms with Crippen molar-refractivity contribution in [3.63, 3.8) is 0 Å². The molecule has 0 atom stereocenters. The van der Waals surface area contributed by atoms with E-state index in [4.69, 9.17) is 11.6 Å². The van der Waals surface area contributed by atoms with Gasteiger partial charge in [-0.3, -0.25) is 24.9 Å². The Labute approximate surface area is 216 Å². The molecular weight excluding hydrogens is 496 g/mol. The van der Waals surface area contributed by atoms with Crippen molar-refractivity contribution in [1.82, 2.24) is 9.55 Å². The molecule has 2 aromatic carbocycles. The van der Waals surface area contributed by atoms with E-state index in [-0.39, 0.29) is 27.4 Å². The average molecular weight is 521 g/mol. The standard InChI is InChI=1S/C27H25ClN4O5/c28-22-6-3-19(10-23(22)32(36)37)29-14-21-24(33)30-26(35)31(25(21)34)20-4-1-18(2-5-20)27-11-15-7-16(12-27)9-17(8-15)13-27/h1-6,10,14-17,34H,7-9,11-13H2,(H,30,33,35). The Bertz CT molecular complexity index is 1520. The van der Waals surface area contributed by atoms with Gasteiger partial charge in [-0.15, -0.1) is 0 Å². The lowest BCUT2D eigenvalue weighted by Crippen LogP contribution is -2.48. The first-order chi connectivity index (χ1) is 17.7. The van der Waals surface area contributed by atoms with Crippen LogP contribution in [0.15, 0.2) is 57.0 Å². The van der Waals surface area contributed by atoms with Crippen LogP contribution in [0, 0.1) is 27.9 Å². The maximum atomic E-state index is 12.7. The zero-order chi connectivity index (χ0) is 25.9. The van der Waals surface area contributed by atoms with Crippen molar-refractivity contribution >= 4 is 29.2 Å². The number of aliphatic imine (C=N–C) groups is 1. The van der Waals surface area contributed by atoms with E-state index in [1.807, 2.05) is 12.1 Å². The van der Waals surface area contributed by atoms with Gasteiger partial charge in [-0.2, -0.15) is 0 Å². The molecule has 7 rings (SSSR count). The topological polar surface area (TPSA) is 131 Å². The minimum atomic E-state index is -0.823. The van der Waals surface area contributed by atoms with E-state index in [2.05, 4.69) is 9.98 Å². The Morgan fingerprint density at radius 1 is 1.05 bits per heavy atom. The Hall–Kier alpha value is -3.72. The van der Waals surface area contributed by atoms with Crippen molar-refractivity contribution in [2.45, 2.75) is 43.9 Å². The van der Waals surface area contributed by atoms with E-state index in [0.717, 1.165) is 34.6 Å². The molecule has 37 heavy (non-hydrogen) atoms. The minimum absolute atomic E-state index is 0.0461. The molecule has 0 spiro atoms. The van der Waals surface area contributed by atoms with Crippen LogP contribution in [0.3, 0.4) is 0 Å². The molecule has 0 aliphatic heterocycles. The van der Waals surface area contributed by atoms with Crippen LogP contribution in [-0.4, -0.2) is 25.8 Å². The number of aromatic amines is 1. The zero-order valence-corrected chi connectivity index (χ0v) is 20.6. The molecule has 9 nitrogen and oxygen atoms in total. The van der Waals surface area contributed by atoms with Gasteiger partial charge in [0.15, 0.2) is 0 Å². The summed E-state index contributed by atoms with van der Waals surface area (Å²) in [5.74, 6) is 1.85. The SMILES string of the molecule is O=c1[nH]c(=O)n(-c2ccc(C34CC5CC(CC(C5)C3)C4)cc2)c(O)c1C=Nc1ccc(Cl)c([N+](=O)[O-])c1. The third-order valence-electron chi connectivity index (χ3n) is 8.37. The molecule has 2 N–H and O–H groups in total. The van der Waals surface area contributed by atoms with E-state index >= 15 is 0 Å². The van der Waals surface area contributed by atoms with E-state index < -0.39 is 22.1 Å². The lowest BCUT2D eigenvalue weighted by atomic mass is 9.48. The first-order valence-corrected chi connectivity index (χ1v) is 12.8. The number of hydrogen-bond acceptors (Lipinski definition) is 6. The van der Waals surface area contributed by atoms with Crippen LogP contribution >= 0.6 is 11.6 Å². The number of H-pyrrole nitrogens is 1. The van der Waals surface area contributed by atoms with Crippen LogP contribution < -0.4 is 11.2 Å². The molecule has 1 aromatic heterocycles. The largest absolute Gasteiger partial charge is 0.493 e. The summed E-state index contributed by atoms with van der Waals surface area (Å²) in [6, 6.07) is 11.6. The monoisotopic (exact) mass is 520 g/mol. The van der Waals surface area contributed by atoms with Crippen LogP contribution in [0.2, 0.25) is 5.02 Å². The van der Waals surface area contributed by atoms with Gasteiger partial charge in [0, 0.05) is 12.3 Å². The lowest BCUT2D eigenvalue weighted by Gasteiger charge is -2.57. The molecule has 4 aliphatic rings. The molecule has 1 heterocycles. The van der Waals surface area contributed by atoms with Crippen molar-refractivity contribution in [3.05, 3.63) is 89.6 Å². The highest BCUT2D eigenvalue weighted by atomic mass is 35.5. The van der Waals surface area contributed by atoms with Crippen LogP contribution in [0.1, 0.15) is 49.7 Å². The number of aromatic hydroxyl groups is 1. The first-order valence-electron chi connectivity index (χ1n) is 12.4. The van der Waals surface area contributed by atoms with Crippen LogP contribution in [0.5, 0.6) is 5.88 Å². The molecule has 0 amide bonds. The van der Waals surface area contributed by atoms with Crippen LogP contribution in [-0.2, 0) is 5.41 Å². The molecule has 190 valence electrons. The minimum Gasteiger partial charge on any atom is -0.493 e. The maximum absolute atomic E-state index is 12.7. The third-order valence-corrected chi connectivity index (χ3v) is 8.69. The number of rotatable bonds is 5. The molecule has 4 aliphatic carbocycles. The molecule has 3 aromatic rings. The van der Waals surface area contributed by atoms with Gasteiger partial charge in [0.1, 0.15) is 10.6 Å². The summed E-state index contributed by atoms with van der Waals surface area (Å²) in [6.07, 6.45) is 8.77. The third kappa shape index (κ3) is 4.07. The van der Waals surface area contributed by atoms with Gasteiger partial charge in [-0.25, -0.2) is 9.36 Å². The average Bonchev–Trinajstić information content (AvgIpc) is 2.84. The number of nitro benzene ring substituents is 1. The fourth-order valence-corrected chi connectivity index (χ4v) is 7.37. The molecule has 4 saturated carbocycles. The Morgan fingerprint density at radius 2 is 1.68 bits per heavy atom. The highest BCUT2D eigenvalue weighted by molar-refractivity contribution is 6.32. The maximum Gasteiger partial charge on any atom is 0.335 e. The van der Waals surface area contributed by atoms with Gasteiger partial charge in [-0.1, -0.05) is 23.7 Å². The summed E-state index contributed by atoms with van der Waals surface area (Å²) in [4.78, 5) is 41.9. The quantitative estimate of drug-likeness (QED) is 0.277. The van der Waals surface area contributed by atoms with Crippen molar-refractivity contribution in [2.75, 3.05) is 0 Å². The van der Waals surface area contributed by atoms with Crippen molar-refractivity contribution in [3.8, 4) is 11.6 Å². The highest BCUT2D eigenvalue weighted by Crippen LogP contribution is 2.60. The fourth-order valence-electron chi connectivity index (χ4n) is 7.18. The second-order valence-corrected chi connectivity index (χ2v) is 11.1. The van der Waals surface area contributed by atoms with Crippen molar-refractivity contribution in [1.29, 1.82) is 0 Å². The van der Waals surface area contributed by atoms with E-state index in [1.54, 1.807) is 12.1 Å². The molecule has 10 heteroatoms. The number of halogens is 1. The Balaban J connectivity index is 1.33. The lowest BCUT2D eigenvalue weighted by molar-refractivity contribution is -0.384. The second-order valence-electron chi connectivity index (χ2n) is 10.7. The Morgan fingerprint density at radius 3 is 2.27 bits per heavy atom. The summed E-state index contributed by atoms with van der Waals surface area (Å²) in [5.41, 5.74) is -0.124.